The Morgan fingerprint density at radius 3 is 2.67 bits per heavy atom. The van der Waals surface area contributed by atoms with Gasteiger partial charge in [-0.1, -0.05) is 24.3 Å². The molecule has 0 bridgehead atoms. The van der Waals surface area contributed by atoms with Gasteiger partial charge in [0.25, 0.3) is 5.91 Å². The van der Waals surface area contributed by atoms with Gasteiger partial charge in [-0.05, 0) is 18.1 Å². The van der Waals surface area contributed by atoms with Crippen LogP contribution in [0.4, 0.5) is 0 Å². The van der Waals surface area contributed by atoms with Gasteiger partial charge < -0.3 is 4.90 Å². The third-order valence-corrected chi connectivity index (χ3v) is 3.95. The first-order chi connectivity index (χ1) is 10.2. The number of aromatic amines is 1. The average Bonchev–Trinajstić information content (AvgIpc) is 3.04. The van der Waals surface area contributed by atoms with Crippen molar-refractivity contribution >= 4 is 5.91 Å². The van der Waals surface area contributed by atoms with Crippen molar-refractivity contribution in [3.8, 4) is 0 Å². The first-order valence-corrected chi connectivity index (χ1v) is 7.16. The van der Waals surface area contributed by atoms with Crippen LogP contribution in [0.5, 0.6) is 0 Å². The van der Waals surface area contributed by atoms with Gasteiger partial charge >= 0.3 is 0 Å². The molecule has 1 saturated heterocycles. The smallest absolute Gasteiger partial charge is 0.276 e. The fraction of sp³-hybridized carbons (Fsp3) is 0.400. The van der Waals surface area contributed by atoms with Crippen LogP contribution >= 0.6 is 0 Å². The fourth-order valence-corrected chi connectivity index (χ4v) is 2.60. The zero-order valence-electron chi connectivity index (χ0n) is 12.1. The van der Waals surface area contributed by atoms with Gasteiger partial charge in [-0.25, -0.2) is 0 Å². The zero-order valence-corrected chi connectivity index (χ0v) is 12.1. The fourth-order valence-electron chi connectivity index (χ4n) is 2.60. The number of benzene rings is 1. The van der Waals surface area contributed by atoms with Crippen LogP contribution in [-0.4, -0.2) is 57.3 Å². The molecule has 1 amide bonds. The second kappa shape index (κ2) is 6.05. The van der Waals surface area contributed by atoms with Gasteiger partial charge in [-0.15, -0.1) is 0 Å². The molecule has 1 aromatic carbocycles. The molecular weight excluding hydrogens is 266 g/mol. The molecule has 0 aliphatic carbocycles. The Labute approximate surface area is 123 Å². The minimum Gasteiger partial charge on any atom is -0.335 e. The Morgan fingerprint density at radius 2 is 2.00 bits per heavy atom. The van der Waals surface area contributed by atoms with Crippen molar-refractivity contribution in [2.24, 2.45) is 0 Å². The first-order valence-electron chi connectivity index (χ1n) is 7.16. The molecule has 0 spiro atoms. The van der Waals surface area contributed by atoms with Crippen LogP contribution in [0.15, 0.2) is 30.5 Å². The molecule has 6 nitrogen and oxygen atoms in total. The summed E-state index contributed by atoms with van der Waals surface area (Å²) in [6, 6.07) is 8.45. The normalized spacial score (nSPS) is 16.1. The van der Waals surface area contributed by atoms with Crippen molar-refractivity contribution in [2.45, 2.75) is 13.5 Å². The predicted molar refractivity (Wildman–Crippen MR) is 78.7 cm³/mol. The van der Waals surface area contributed by atoms with Crippen LogP contribution in [0, 0.1) is 6.92 Å². The van der Waals surface area contributed by atoms with Crippen molar-refractivity contribution in [1.29, 1.82) is 0 Å². The molecule has 110 valence electrons. The van der Waals surface area contributed by atoms with Gasteiger partial charge in [0.15, 0.2) is 5.69 Å². The summed E-state index contributed by atoms with van der Waals surface area (Å²) in [6.45, 7) is 6.32. The van der Waals surface area contributed by atoms with E-state index < -0.39 is 0 Å². The second-order valence-corrected chi connectivity index (χ2v) is 5.35. The Kier molecular flexibility index (Phi) is 3.96. The summed E-state index contributed by atoms with van der Waals surface area (Å²) >= 11 is 0. The van der Waals surface area contributed by atoms with Crippen LogP contribution < -0.4 is 0 Å². The molecule has 0 saturated carbocycles. The molecule has 21 heavy (non-hydrogen) atoms. The highest BCUT2D eigenvalue weighted by molar-refractivity contribution is 5.91. The monoisotopic (exact) mass is 285 g/mol. The van der Waals surface area contributed by atoms with E-state index in [9.17, 15) is 4.79 Å². The molecule has 3 rings (SSSR count). The van der Waals surface area contributed by atoms with E-state index in [-0.39, 0.29) is 5.91 Å². The van der Waals surface area contributed by atoms with Crippen LogP contribution in [-0.2, 0) is 6.54 Å². The summed E-state index contributed by atoms with van der Waals surface area (Å²) in [4.78, 5) is 16.4. The molecule has 1 aromatic heterocycles. The van der Waals surface area contributed by atoms with E-state index in [0.29, 0.717) is 5.69 Å². The molecule has 1 aliphatic heterocycles. The Bertz CT molecular complexity index is 602. The number of carbonyl (C=O) groups is 1. The molecule has 0 unspecified atom stereocenters. The van der Waals surface area contributed by atoms with E-state index in [1.54, 1.807) is 0 Å². The Balaban J connectivity index is 1.56. The van der Waals surface area contributed by atoms with E-state index in [2.05, 4.69) is 51.5 Å². The summed E-state index contributed by atoms with van der Waals surface area (Å²) in [7, 11) is 0. The van der Waals surface area contributed by atoms with E-state index >= 15 is 0 Å². The molecule has 1 fully saturated rings. The summed E-state index contributed by atoms with van der Waals surface area (Å²) in [5, 5.41) is 10.0. The van der Waals surface area contributed by atoms with Crippen molar-refractivity contribution in [3.63, 3.8) is 0 Å². The minimum absolute atomic E-state index is 0.0423. The van der Waals surface area contributed by atoms with Crippen LogP contribution in [0.2, 0.25) is 0 Å². The maximum atomic E-state index is 12.2. The molecule has 2 heterocycles. The lowest BCUT2D eigenvalue weighted by atomic mass is 10.1. The minimum atomic E-state index is -0.0423. The van der Waals surface area contributed by atoms with Gasteiger partial charge in [0.05, 0.1) is 6.20 Å². The highest BCUT2D eigenvalue weighted by atomic mass is 16.2. The van der Waals surface area contributed by atoms with E-state index in [1.807, 2.05) is 4.90 Å². The molecule has 1 N–H and O–H groups in total. The molecule has 6 heteroatoms. The third kappa shape index (κ3) is 3.11. The van der Waals surface area contributed by atoms with Gasteiger partial charge in [0.1, 0.15) is 0 Å². The number of piperazine rings is 1. The van der Waals surface area contributed by atoms with Gasteiger partial charge in [-0.2, -0.15) is 15.4 Å². The summed E-state index contributed by atoms with van der Waals surface area (Å²) in [6.07, 6.45) is 1.47. The predicted octanol–water partition coefficient (Wildman–Crippen LogP) is 1.07. The zero-order chi connectivity index (χ0) is 14.7. The van der Waals surface area contributed by atoms with Gasteiger partial charge in [0.2, 0.25) is 0 Å². The van der Waals surface area contributed by atoms with Crippen LogP contribution in [0.3, 0.4) is 0 Å². The molecule has 0 radical (unpaired) electrons. The second-order valence-electron chi connectivity index (χ2n) is 5.35. The number of H-pyrrole nitrogens is 1. The third-order valence-electron chi connectivity index (χ3n) is 3.95. The van der Waals surface area contributed by atoms with E-state index in [1.165, 1.54) is 17.3 Å². The lowest BCUT2D eigenvalue weighted by Crippen LogP contribution is -2.48. The van der Waals surface area contributed by atoms with Gasteiger partial charge in [-0.3, -0.25) is 9.69 Å². The largest absolute Gasteiger partial charge is 0.335 e. The van der Waals surface area contributed by atoms with Crippen molar-refractivity contribution in [2.75, 3.05) is 26.2 Å². The van der Waals surface area contributed by atoms with Gasteiger partial charge in [0, 0.05) is 32.7 Å². The number of hydrogen-bond acceptors (Lipinski definition) is 4. The number of nitrogens with zero attached hydrogens (tertiary/aromatic N) is 4. The number of hydrogen-bond donors (Lipinski definition) is 1. The highest BCUT2D eigenvalue weighted by Gasteiger charge is 2.23. The maximum absolute atomic E-state index is 12.2. The Hall–Kier alpha value is -2.21. The maximum Gasteiger partial charge on any atom is 0.276 e. The lowest BCUT2D eigenvalue weighted by Gasteiger charge is -2.34. The molecule has 2 aromatic rings. The number of aromatic nitrogens is 3. The first kappa shape index (κ1) is 13.8. The topological polar surface area (TPSA) is 65.1 Å². The number of aryl methyl sites for hydroxylation is 1. The van der Waals surface area contributed by atoms with E-state index in [0.717, 1.165) is 32.7 Å². The van der Waals surface area contributed by atoms with Crippen molar-refractivity contribution in [1.82, 2.24) is 25.2 Å². The quantitative estimate of drug-likeness (QED) is 0.916. The van der Waals surface area contributed by atoms with Crippen molar-refractivity contribution in [3.05, 3.63) is 47.3 Å². The molecule has 1 aliphatic rings. The summed E-state index contributed by atoms with van der Waals surface area (Å²) in [5.74, 6) is -0.0423. The lowest BCUT2D eigenvalue weighted by molar-refractivity contribution is 0.0622. The highest BCUT2D eigenvalue weighted by Crippen LogP contribution is 2.13. The summed E-state index contributed by atoms with van der Waals surface area (Å²) in [5.41, 5.74) is 3.06. The molecule has 0 atom stereocenters. The Morgan fingerprint density at radius 1 is 1.24 bits per heavy atom. The average molecular weight is 285 g/mol. The number of carbonyl (C=O) groups excluding carboxylic acids is 1. The SMILES string of the molecule is Cc1ccccc1CN1CCN(C(=O)c2cn[nH]n2)CC1. The summed E-state index contributed by atoms with van der Waals surface area (Å²) < 4.78 is 0. The standard InChI is InChI=1S/C15H19N5O/c1-12-4-2-3-5-13(12)11-19-6-8-20(9-7-19)15(21)14-10-16-18-17-14/h2-5,10H,6-9,11H2,1H3,(H,16,17,18). The number of amides is 1. The molecular formula is C15H19N5O. The van der Waals surface area contributed by atoms with Crippen LogP contribution in [0.1, 0.15) is 21.6 Å². The van der Waals surface area contributed by atoms with Crippen molar-refractivity contribution < 1.29 is 4.79 Å². The van der Waals surface area contributed by atoms with Crippen LogP contribution in [0.25, 0.3) is 0 Å². The van der Waals surface area contributed by atoms with E-state index in [4.69, 9.17) is 0 Å². The number of rotatable bonds is 3. The number of nitrogens with one attached hydrogen (secondary N) is 1.